The van der Waals surface area contributed by atoms with Gasteiger partial charge in [-0.3, -0.25) is 33.9 Å². The average Bonchev–Trinajstić information content (AvgIpc) is 1.61. The van der Waals surface area contributed by atoms with E-state index in [2.05, 4.69) is 55.0 Å². The number of rotatable bonds is 17. The van der Waals surface area contributed by atoms with Gasteiger partial charge in [0.05, 0.1) is 35.5 Å². The average molecular weight is 1770 g/mol. The summed E-state index contributed by atoms with van der Waals surface area (Å²) in [6.07, 6.45) is 15.1. The lowest BCUT2D eigenvalue weighted by molar-refractivity contribution is 0.0695. The van der Waals surface area contributed by atoms with Crippen molar-refractivity contribution in [2.75, 3.05) is 66.3 Å². The van der Waals surface area contributed by atoms with E-state index in [1.54, 1.807) is 69.3 Å². The maximum atomic E-state index is 13.2. The summed E-state index contributed by atoms with van der Waals surface area (Å²) in [5, 5.41) is 53.7. The van der Waals surface area contributed by atoms with Crippen LogP contribution in [0, 0.1) is 76.2 Å². The third kappa shape index (κ3) is 24.6. The van der Waals surface area contributed by atoms with Crippen molar-refractivity contribution in [1.82, 2.24) is 14.7 Å². The number of phenols is 1. The number of aryl methyl sites for hydroxylation is 11. The van der Waals surface area contributed by atoms with Gasteiger partial charge in [0.1, 0.15) is 68.0 Å². The Kier molecular flexibility index (Phi) is 32.6. The van der Waals surface area contributed by atoms with Gasteiger partial charge in [0.15, 0.2) is 0 Å². The van der Waals surface area contributed by atoms with E-state index in [0.29, 0.717) is 90.7 Å². The number of furan rings is 5. The number of aliphatic hydroxyl groups excluding tert-OH is 2. The fourth-order valence-electron chi connectivity index (χ4n) is 17.2. The number of aromatic carboxylic acids is 1. The third-order valence-electron chi connectivity index (χ3n) is 24.4. The number of nitrogens with one attached hydrogen (secondary N) is 4. The summed E-state index contributed by atoms with van der Waals surface area (Å²) in [6, 6.07) is 62.8. The molecule has 0 saturated carbocycles. The van der Waals surface area contributed by atoms with Crippen LogP contribution in [0.2, 0.25) is 0 Å². The molecule has 3 aliphatic heterocycles. The Morgan fingerprint density at radius 1 is 0.328 bits per heavy atom. The summed E-state index contributed by atoms with van der Waals surface area (Å²) >= 11 is 0. The van der Waals surface area contributed by atoms with E-state index in [9.17, 15) is 34.2 Å². The number of carboxylic acids is 1. The predicted octanol–water partition coefficient (Wildman–Crippen LogP) is 24.4. The van der Waals surface area contributed by atoms with Crippen LogP contribution in [0.4, 0.5) is 28.4 Å². The van der Waals surface area contributed by atoms with E-state index in [4.69, 9.17) is 38.0 Å². The van der Waals surface area contributed by atoms with Gasteiger partial charge in [-0.1, -0.05) is 157 Å². The number of nitrogens with zero attached hydrogens (tertiary/aromatic N) is 3. The Labute approximate surface area is 765 Å². The number of amides is 4. The Morgan fingerprint density at radius 3 is 1.02 bits per heavy atom. The molecule has 18 rings (SSSR count). The highest BCUT2D eigenvalue weighted by atomic mass is 16.4. The van der Waals surface area contributed by atoms with Crippen LogP contribution in [0.1, 0.15) is 219 Å². The smallest absolute Gasteiger partial charge is 0.339 e. The molecular weight excluding hydrogens is 1650 g/mol. The standard InChI is InChI=1S/C25H30N2O2.C24H28N2O3.C24H28N2O2.C18H17NO3.C11H10O4.C7H9N/c1-17-8-11-20(12-9-17)26-25(28)23-19(3)29-22-13-10-18(2)21(24(22)23)16-27-14-6-4-5-7-15-27;1-16-7-9-18(10-8-16)25-24(28)22-17(2)29-21-12-11-20(27)19(23(21)22)15-26-13-5-3-4-6-14-26;1-17-10-12-20(13-11-17)25-24(27)22-18(2)28-21-9-7-8-19(23(21)22)16-26-14-5-3-4-6-15-26;1-11-3-6-14(7-4-11)19-18(21)17-12(2)22-16-8-5-13(10-20)9-15(16)17;1-6-10(11(13)14)8-4-7(5-12)2-3-9(8)15-6;1-6-2-4-7(8)5-3-6/h8-13H,4-7,14-16H2,1-3H3,(H,26,28);7-12,27H,3-6,13-15H2,1-2H3,(H,25,28);7-13H,3-6,14-16H2,1-2H3,(H,25,27);3-9,20H,10H2,1-2H3,(H,19,21);2-4,12H,5H2,1H3,(H,13,14);2-5H,8H2,1H3. The lowest BCUT2D eigenvalue weighted by Crippen LogP contribution is -2.24. The number of likely N-dealkylation sites (tertiary alicyclic amines) is 3. The molecule has 0 unspecified atom stereocenters. The van der Waals surface area contributed by atoms with Crippen LogP contribution in [0.25, 0.3) is 54.8 Å². The van der Waals surface area contributed by atoms with Gasteiger partial charge in [0, 0.05) is 80.6 Å². The second kappa shape index (κ2) is 44.8. The van der Waals surface area contributed by atoms with Crippen molar-refractivity contribution in [2.45, 2.75) is 186 Å². The number of carboxylic acid groups (broad SMARTS) is 1. The normalized spacial score (nSPS) is 13.7. The van der Waals surface area contributed by atoms with Gasteiger partial charge in [-0.15, -0.1) is 0 Å². The minimum Gasteiger partial charge on any atom is -0.508 e. The van der Waals surface area contributed by atoms with Gasteiger partial charge in [0.25, 0.3) is 23.6 Å². The van der Waals surface area contributed by atoms with Crippen LogP contribution < -0.4 is 27.0 Å². The lowest BCUT2D eigenvalue weighted by atomic mass is 9.99. The largest absolute Gasteiger partial charge is 0.508 e. The zero-order valence-electron chi connectivity index (χ0n) is 77.1. The number of anilines is 5. The number of fused-ring (bicyclic) bond motifs is 5. The Morgan fingerprint density at radius 2 is 0.634 bits per heavy atom. The molecule has 10 aromatic carbocycles. The first-order valence-corrected chi connectivity index (χ1v) is 45.4. The number of nitrogens with two attached hydrogens (primary N) is 1. The number of carbonyl (C=O) groups excluding carboxylic acids is 4. The predicted molar refractivity (Wildman–Crippen MR) is 523 cm³/mol. The first-order chi connectivity index (χ1) is 63.2. The number of benzene rings is 10. The summed E-state index contributed by atoms with van der Waals surface area (Å²) in [4.78, 5) is 70.4. The molecule has 0 atom stereocenters. The second-order valence-electron chi connectivity index (χ2n) is 34.7. The minimum absolute atomic E-state index is 0.0702. The highest BCUT2D eigenvalue weighted by molar-refractivity contribution is 6.17. The van der Waals surface area contributed by atoms with Gasteiger partial charge in [0.2, 0.25) is 0 Å². The van der Waals surface area contributed by atoms with Crippen molar-refractivity contribution < 1.29 is 66.5 Å². The Balaban J connectivity index is 0.000000138. The maximum absolute atomic E-state index is 13.2. The van der Waals surface area contributed by atoms with Gasteiger partial charge < -0.3 is 69.5 Å². The highest BCUT2D eigenvalue weighted by Gasteiger charge is 2.29. The van der Waals surface area contributed by atoms with E-state index < -0.39 is 5.97 Å². The van der Waals surface area contributed by atoms with Crippen LogP contribution in [0.15, 0.2) is 222 Å². The second-order valence-corrected chi connectivity index (χ2v) is 34.7. The van der Waals surface area contributed by atoms with Crippen LogP contribution in [0.5, 0.6) is 5.75 Å². The quantitative estimate of drug-likeness (QED) is 0.0383. The molecule has 3 fully saturated rings. The number of aromatic hydroxyl groups is 1. The number of hydrogen-bond acceptors (Lipinski definition) is 17. The number of hydrogen-bond donors (Lipinski definition) is 9. The molecule has 5 aromatic heterocycles. The van der Waals surface area contributed by atoms with Crippen LogP contribution in [-0.2, 0) is 32.8 Å². The van der Waals surface area contributed by atoms with Gasteiger partial charge in [-0.25, -0.2) is 4.79 Å². The monoisotopic (exact) mass is 1770 g/mol. The summed E-state index contributed by atoms with van der Waals surface area (Å²) in [5.41, 5.74) is 26.9. The zero-order valence-corrected chi connectivity index (χ0v) is 77.1. The van der Waals surface area contributed by atoms with Gasteiger partial charge in [-0.05, 0) is 291 Å². The number of phenolic OH excluding ortho intramolecular Hbond substituents is 1. The molecule has 682 valence electrons. The van der Waals surface area contributed by atoms with Crippen molar-refractivity contribution >= 4 is 113 Å². The first-order valence-electron chi connectivity index (χ1n) is 45.4. The maximum Gasteiger partial charge on any atom is 0.339 e. The molecule has 22 nitrogen and oxygen atoms in total. The molecule has 131 heavy (non-hydrogen) atoms. The van der Waals surface area contributed by atoms with Crippen molar-refractivity contribution in [3.8, 4) is 5.75 Å². The molecule has 0 aliphatic carbocycles. The minimum atomic E-state index is -1.01. The fraction of sp³-hybridized carbons (Fsp3) is 0.312. The van der Waals surface area contributed by atoms with Crippen molar-refractivity contribution in [1.29, 1.82) is 0 Å². The van der Waals surface area contributed by atoms with Crippen LogP contribution >= 0.6 is 0 Å². The zero-order chi connectivity index (χ0) is 92.9. The molecule has 0 spiro atoms. The topological polar surface area (TPSA) is 316 Å². The number of aliphatic hydroxyl groups is 2. The molecule has 0 radical (unpaired) electrons. The SMILES string of the molecule is Cc1ccc(N)cc1.Cc1ccc(NC(=O)c2c(C)oc3ccc(C)c(CN4CCCCCC4)c23)cc1.Cc1ccc(NC(=O)c2c(C)oc3ccc(CO)cc23)cc1.Cc1ccc(NC(=O)c2c(C)oc3ccc(O)c(CN4CCCCCC4)c23)cc1.Cc1ccc(NC(=O)c2c(C)oc3cccc(CN4CCCCCC4)c23)cc1.Cc1oc2ccc(CO)cc2c1C(=O)O. The Hall–Kier alpha value is -13.4. The van der Waals surface area contributed by atoms with Crippen molar-refractivity contribution in [3.05, 3.63) is 318 Å². The van der Waals surface area contributed by atoms with E-state index >= 15 is 0 Å². The number of carbonyl (C=O) groups is 5. The molecule has 22 heteroatoms. The summed E-state index contributed by atoms with van der Waals surface area (Å²) in [6.45, 7) is 29.9. The van der Waals surface area contributed by atoms with E-state index in [1.165, 1.54) is 110 Å². The lowest BCUT2D eigenvalue weighted by Gasteiger charge is -2.21. The third-order valence-corrected chi connectivity index (χ3v) is 24.4. The van der Waals surface area contributed by atoms with E-state index in [-0.39, 0.29) is 48.2 Å². The summed E-state index contributed by atoms with van der Waals surface area (Å²) in [7, 11) is 0. The molecular formula is C109H122N8O14. The summed E-state index contributed by atoms with van der Waals surface area (Å²) < 4.78 is 28.8. The molecule has 0 bridgehead atoms. The molecule has 3 aliphatic rings. The van der Waals surface area contributed by atoms with E-state index in [0.717, 1.165) is 130 Å². The van der Waals surface area contributed by atoms with Crippen molar-refractivity contribution in [3.63, 3.8) is 0 Å². The fourth-order valence-corrected chi connectivity index (χ4v) is 17.2. The summed E-state index contributed by atoms with van der Waals surface area (Å²) in [5.74, 6) is 1.41. The molecule has 3 saturated heterocycles. The molecule has 15 aromatic rings. The number of nitrogen functional groups attached to an aromatic ring is 1. The Bertz CT molecular complexity index is 6260. The molecule has 8 heterocycles. The first kappa shape index (κ1) is 95.2. The molecule has 4 amide bonds. The molecule has 10 N–H and O–H groups in total. The van der Waals surface area contributed by atoms with Crippen molar-refractivity contribution in [2.24, 2.45) is 0 Å². The van der Waals surface area contributed by atoms with Gasteiger partial charge in [-0.2, -0.15) is 0 Å². The van der Waals surface area contributed by atoms with E-state index in [1.807, 2.05) is 188 Å². The van der Waals surface area contributed by atoms with Crippen LogP contribution in [-0.4, -0.2) is 104 Å². The highest BCUT2D eigenvalue weighted by Crippen LogP contribution is 2.39. The van der Waals surface area contributed by atoms with Crippen LogP contribution in [0.3, 0.4) is 0 Å². The van der Waals surface area contributed by atoms with Gasteiger partial charge >= 0.3 is 5.97 Å².